The molecule has 19 heavy (non-hydrogen) atoms. The van der Waals surface area contributed by atoms with Crippen LogP contribution in [0, 0.1) is 12.8 Å². The van der Waals surface area contributed by atoms with Gasteiger partial charge in [0.2, 0.25) is 0 Å². The second-order valence-electron chi connectivity index (χ2n) is 5.43. The van der Waals surface area contributed by atoms with E-state index < -0.39 is 11.3 Å². The van der Waals surface area contributed by atoms with Crippen LogP contribution in [0.25, 0.3) is 0 Å². The molecule has 1 fully saturated rings. The molecule has 1 aromatic rings. The Morgan fingerprint density at radius 3 is 2.68 bits per heavy atom. The highest BCUT2D eigenvalue weighted by Crippen LogP contribution is 2.41. The van der Waals surface area contributed by atoms with E-state index in [0.29, 0.717) is 11.8 Å². The molecule has 0 radical (unpaired) electrons. The number of benzene rings is 1. The summed E-state index contributed by atoms with van der Waals surface area (Å²) in [5, 5.41) is 9.79. The second kappa shape index (κ2) is 5.92. The molecule has 1 aliphatic rings. The summed E-state index contributed by atoms with van der Waals surface area (Å²) in [7, 11) is 0. The van der Waals surface area contributed by atoms with Gasteiger partial charge in [0.15, 0.2) is 0 Å². The molecule has 3 atom stereocenters. The van der Waals surface area contributed by atoms with Gasteiger partial charge < -0.3 is 14.4 Å². The minimum Gasteiger partial charge on any atom is -0.755 e. The van der Waals surface area contributed by atoms with E-state index in [1.807, 2.05) is 6.92 Å². The lowest BCUT2D eigenvalue weighted by atomic mass is 9.75. The van der Waals surface area contributed by atoms with Gasteiger partial charge in [0.25, 0.3) is 0 Å². The van der Waals surface area contributed by atoms with Crippen LogP contribution in [0.1, 0.15) is 49.7 Å². The molecule has 0 aliphatic heterocycles. The largest absolute Gasteiger partial charge is 0.755 e. The Bertz CT molecular complexity index is 490. The van der Waals surface area contributed by atoms with Gasteiger partial charge in [-0.3, -0.25) is 4.21 Å². The van der Waals surface area contributed by atoms with Crippen LogP contribution in [0.4, 0.5) is 5.69 Å². The van der Waals surface area contributed by atoms with Crippen LogP contribution in [0.2, 0.25) is 0 Å². The van der Waals surface area contributed by atoms with Crippen molar-refractivity contribution in [3.63, 3.8) is 0 Å². The van der Waals surface area contributed by atoms with E-state index in [4.69, 9.17) is 0 Å². The monoisotopic (exact) mass is 282 g/mol. The van der Waals surface area contributed by atoms with Gasteiger partial charge in [0.05, 0.1) is 5.69 Å². The Hall–Kier alpha value is -1.07. The number of nitrogens with one attached hydrogen (secondary N) is 1. The van der Waals surface area contributed by atoms with E-state index in [1.54, 1.807) is 12.1 Å². The van der Waals surface area contributed by atoms with Gasteiger partial charge in [-0.2, -0.15) is 0 Å². The number of phenolic OH excluding ortho intramolecular Hbond substituents is 1. The summed E-state index contributed by atoms with van der Waals surface area (Å²) in [6, 6.07) is 3.43. The van der Waals surface area contributed by atoms with Crippen LogP contribution in [0.3, 0.4) is 0 Å². The van der Waals surface area contributed by atoms with E-state index in [1.165, 1.54) is 19.3 Å². The number of anilines is 1. The Labute approximate surface area is 116 Å². The summed E-state index contributed by atoms with van der Waals surface area (Å²) < 4.78 is 23.7. The standard InChI is InChI=1S/C14H21NO3S/c1-9-5-3-4-6-11(9)12-8-13(15-19(17)18)14(16)7-10(12)2/h7-9,11,15-16H,3-6H2,1-2H3,(H,17,18)/p-1. The molecular weight excluding hydrogens is 262 g/mol. The fourth-order valence-electron chi connectivity index (χ4n) is 3.06. The van der Waals surface area contributed by atoms with Crippen molar-refractivity contribution in [1.82, 2.24) is 0 Å². The van der Waals surface area contributed by atoms with Crippen molar-refractivity contribution in [2.45, 2.75) is 45.4 Å². The Morgan fingerprint density at radius 2 is 2.05 bits per heavy atom. The van der Waals surface area contributed by atoms with Crippen LogP contribution < -0.4 is 4.72 Å². The van der Waals surface area contributed by atoms with Crippen molar-refractivity contribution < 1.29 is 13.9 Å². The number of aryl methyl sites for hydroxylation is 1. The highest BCUT2D eigenvalue weighted by Gasteiger charge is 2.25. The fourth-order valence-corrected chi connectivity index (χ4v) is 3.40. The molecule has 2 rings (SSSR count). The van der Waals surface area contributed by atoms with Crippen molar-refractivity contribution in [2.75, 3.05) is 4.72 Å². The van der Waals surface area contributed by atoms with Crippen molar-refractivity contribution in [1.29, 1.82) is 0 Å². The summed E-state index contributed by atoms with van der Waals surface area (Å²) in [5.74, 6) is 1.03. The zero-order chi connectivity index (χ0) is 14.0. The van der Waals surface area contributed by atoms with Crippen molar-refractivity contribution >= 4 is 17.0 Å². The molecule has 106 valence electrons. The maximum Gasteiger partial charge on any atom is 0.139 e. The summed E-state index contributed by atoms with van der Waals surface area (Å²) in [6.07, 6.45) is 4.82. The topological polar surface area (TPSA) is 72.4 Å². The predicted molar refractivity (Wildman–Crippen MR) is 75.8 cm³/mol. The van der Waals surface area contributed by atoms with Crippen molar-refractivity contribution in [2.24, 2.45) is 5.92 Å². The smallest absolute Gasteiger partial charge is 0.139 e. The first-order chi connectivity index (χ1) is 8.99. The fraction of sp³-hybridized carbons (Fsp3) is 0.571. The normalized spacial score (nSPS) is 25.0. The lowest BCUT2D eigenvalue weighted by Gasteiger charge is -2.30. The molecule has 1 aromatic carbocycles. The van der Waals surface area contributed by atoms with Gasteiger partial charge in [-0.15, -0.1) is 0 Å². The van der Waals surface area contributed by atoms with E-state index >= 15 is 0 Å². The number of phenols is 1. The highest BCUT2D eigenvalue weighted by atomic mass is 32.2. The zero-order valence-electron chi connectivity index (χ0n) is 11.3. The molecule has 0 saturated heterocycles. The number of hydrogen-bond donors (Lipinski definition) is 2. The lowest BCUT2D eigenvalue weighted by Crippen LogP contribution is -2.16. The van der Waals surface area contributed by atoms with Gasteiger partial charge >= 0.3 is 0 Å². The summed E-state index contributed by atoms with van der Waals surface area (Å²) in [5.41, 5.74) is 2.45. The zero-order valence-corrected chi connectivity index (χ0v) is 12.1. The summed E-state index contributed by atoms with van der Waals surface area (Å²) in [4.78, 5) is 0. The molecule has 0 amide bonds. The van der Waals surface area contributed by atoms with Crippen LogP contribution in [0.15, 0.2) is 12.1 Å². The van der Waals surface area contributed by atoms with E-state index in [0.717, 1.165) is 17.5 Å². The average molecular weight is 282 g/mol. The second-order valence-corrected chi connectivity index (χ2v) is 6.10. The third-order valence-corrected chi connectivity index (χ3v) is 4.48. The first kappa shape index (κ1) is 14.3. The molecule has 0 heterocycles. The lowest BCUT2D eigenvalue weighted by molar-refractivity contribution is 0.329. The molecule has 1 saturated carbocycles. The Kier molecular flexibility index (Phi) is 4.47. The molecule has 4 nitrogen and oxygen atoms in total. The molecule has 0 bridgehead atoms. The molecule has 0 spiro atoms. The van der Waals surface area contributed by atoms with Crippen molar-refractivity contribution in [3.05, 3.63) is 23.3 Å². The number of aromatic hydroxyl groups is 1. The molecule has 1 aliphatic carbocycles. The van der Waals surface area contributed by atoms with Crippen LogP contribution >= 0.6 is 0 Å². The summed E-state index contributed by atoms with van der Waals surface area (Å²) >= 11 is -2.42. The Morgan fingerprint density at radius 1 is 1.37 bits per heavy atom. The van der Waals surface area contributed by atoms with Crippen LogP contribution in [-0.2, 0) is 11.3 Å². The first-order valence-corrected chi connectivity index (χ1v) is 7.76. The van der Waals surface area contributed by atoms with Gasteiger partial charge in [0.1, 0.15) is 5.75 Å². The minimum atomic E-state index is -2.42. The number of rotatable bonds is 3. The van der Waals surface area contributed by atoms with Crippen molar-refractivity contribution in [3.8, 4) is 5.75 Å². The van der Waals surface area contributed by atoms with Gasteiger partial charge in [-0.05, 0) is 48.4 Å². The third kappa shape index (κ3) is 3.28. The first-order valence-electron chi connectivity index (χ1n) is 6.68. The quantitative estimate of drug-likeness (QED) is 0.660. The number of hydrogen-bond acceptors (Lipinski definition) is 3. The highest BCUT2D eigenvalue weighted by molar-refractivity contribution is 7.80. The molecule has 3 unspecified atom stereocenters. The maximum absolute atomic E-state index is 10.7. The van der Waals surface area contributed by atoms with Gasteiger partial charge in [-0.25, -0.2) is 0 Å². The average Bonchev–Trinajstić information content (AvgIpc) is 2.33. The van der Waals surface area contributed by atoms with E-state index in [2.05, 4.69) is 11.6 Å². The predicted octanol–water partition coefficient (Wildman–Crippen LogP) is 3.20. The summed E-state index contributed by atoms with van der Waals surface area (Å²) in [6.45, 7) is 4.21. The SMILES string of the molecule is Cc1cc(O)c(NS(=O)[O-])cc1C1CCCCC1C. The molecular formula is C14H20NO3S-. The molecule has 2 N–H and O–H groups in total. The van der Waals surface area contributed by atoms with Gasteiger partial charge in [0, 0.05) is 11.3 Å². The minimum absolute atomic E-state index is 0.0195. The third-order valence-electron chi connectivity index (χ3n) is 4.09. The molecule has 5 heteroatoms. The van der Waals surface area contributed by atoms with E-state index in [-0.39, 0.29) is 11.4 Å². The van der Waals surface area contributed by atoms with E-state index in [9.17, 15) is 13.9 Å². The van der Waals surface area contributed by atoms with Crippen LogP contribution in [0.5, 0.6) is 5.75 Å². The maximum atomic E-state index is 10.7. The molecule has 0 aromatic heterocycles. The van der Waals surface area contributed by atoms with Crippen LogP contribution in [-0.4, -0.2) is 13.9 Å². The van der Waals surface area contributed by atoms with Gasteiger partial charge in [-0.1, -0.05) is 26.2 Å². The Balaban J connectivity index is 2.36.